The van der Waals surface area contributed by atoms with Crippen molar-refractivity contribution in [2.75, 3.05) is 142 Å². The van der Waals surface area contributed by atoms with E-state index in [9.17, 15) is 43.2 Å². The lowest BCUT2D eigenvalue weighted by Crippen LogP contribution is -2.57. The van der Waals surface area contributed by atoms with Gasteiger partial charge in [-0.3, -0.25) is 43.8 Å². The van der Waals surface area contributed by atoms with Crippen LogP contribution in [0.5, 0.6) is 0 Å². The molecule has 368 valence electrons. The molecule has 6 amide bonds. The van der Waals surface area contributed by atoms with Crippen molar-refractivity contribution in [2.24, 2.45) is 5.92 Å². The molecule has 0 unspecified atom stereocenters. The summed E-state index contributed by atoms with van der Waals surface area (Å²) in [6, 6.07) is -1.19. The summed E-state index contributed by atoms with van der Waals surface area (Å²) in [5.74, 6) is -6.84. The number of amides is 6. The minimum absolute atomic E-state index is 0.0102. The summed E-state index contributed by atoms with van der Waals surface area (Å²) in [6.45, 7) is -2.94. The lowest BCUT2D eigenvalue weighted by Gasteiger charge is -2.38. The molecule has 3 heterocycles. The van der Waals surface area contributed by atoms with Crippen molar-refractivity contribution in [3.8, 4) is 0 Å². The lowest BCUT2D eigenvalue weighted by molar-refractivity contribution is -0.168. The smallest absolute Gasteiger partial charge is 0.344 e. The first-order valence-corrected chi connectivity index (χ1v) is 20.3. The highest BCUT2D eigenvalue weighted by Gasteiger charge is 2.37. The Labute approximate surface area is 375 Å². The van der Waals surface area contributed by atoms with E-state index in [4.69, 9.17) is 56.8 Å². The lowest BCUT2D eigenvalue weighted by atomic mass is 9.97. The van der Waals surface area contributed by atoms with Crippen LogP contribution < -0.4 is 0 Å². The summed E-state index contributed by atoms with van der Waals surface area (Å²) < 4.78 is 61.9. The van der Waals surface area contributed by atoms with Crippen molar-refractivity contribution in [3.05, 3.63) is 0 Å². The third kappa shape index (κ3) is 18.1. The van der Waals surface area contributed by atoms with Crippen molar-refractivity contribution in [2.45, 2.75) is 44.0 Å². The number of hydrogen-bond donors (Lipinski definition) is 0. The van der Waals surface area contributed by atoms with Gasteiger partial charge >= 0.3 is 53.9 Å². The summed E-state index contributed by atoms with van der Waals surface area (Å²) in [5, 5.41) is 0. The Bertz CT molecular complexity index is 1490. The van der Waals surface area contributed by atoms with Crippen LogP contribution in [0.25, 0.3) is 0 Å². The number of carbonyl (C=O) groups excluding carboxylic acids is 9. The van der Waals surface area contributed by atoms with Gasteiger partial charge in [-0.05, 0) is 12.8 Å². The van der Waals surface area contributed by atoms with Gasteiger partial charge in [-0.2, -0.15) is 0 Å². The molecule has 27 heteroatoms. The number of esters is 6. The highest BCUT2D eigenvalue weighted by Crippen LogP contribution is 2.19. The van der Waals surface area contributed by atoms with E-state index < -0.39 is 111 Å². The summed E-state index contributed by atoms with van der Waals surface area (Å²) >= 11 is 0. The Balaban J connectivity index is 1.57. The van der Waals surface area contributed by atoms with Crippen molar-refractivity contribution >= 4 is 53.9 Å². The molecule has 3 fully saturated rings. The fraction of sp³-hybridized carbons (Fsp3) is 0.763. The fourth-order valence-electron chi connectivity index (χ4n) is 6.82. The van der Waals surface area contributed by atoms with E-state index in [0.717, 1.165) is 0 Å². The molecule has 0 N–H and O–H groups in total. The van der Waals surface area contributed by atoms with E-state index in [1.165, 1.54) is 72.1 Å². The zero-order chi connectivity index (χ0) is 47.9. The summed E-state index contributed by atoms with van der Waals surface area (Å²) in [7, 11) is 8.34. The van der Waals surface area contributed by atoms with Crippen molar-refractivity contribution < 1.29 is 100.0 Å². The van der Waals surface area contributed by atoms with E-state index in [-0.39, 0.29) is 92.5 Å². The van der Waals surface area contributed by atoms with Crippen LogP contribution in [-0.2, 0) is 85.6 Å². The third-order valence-corrected chi connectivity index (χ3v) is 9.53. The van der Waals surface area contributed by atoms with Gasteiger partial charge in [0.25, 0.3) is 0 Å². The van der Waals surface area contributed by atoms with Crippen LogP contribution in [0, 0.1) is 5.92 Å². The maximum atomic E-state index is 13.3. The molecule has 27 nitrogen and oxygen atoms in total. The first-order chi connectivity index (χ1) is 31.2. The van der Waals surface area contributed by atoms with Gasteiger partial charge in [-0.15, -0.1) is 0 Å². The Morgan fingerprint density at radius 1 is 0.415 bits per heavy atom. The van der Waals surface area contributed by atoms with Gasteiger partial charge in [0.05, 0.1) is 45.2 Å². The Morgan fingerprint density at radius 3 is 0.908 bits per heavy atom. The Kier molecular flexibility index (Phi) is 23.4. The molecule has 3 aliphatic heterocycles. The highest BCUT2D eigenvalue weighted by atomic mass is 16.6. The van der Waals surface area contributed by atoms with E-state index in [1.807, 2.05) is 0 Å². The Morgan fingerprint density at radius 2 is 0.662 bits per heavy atom. The first-order valence-electron chi connectivity index (χ1n) is 20.3. The minimum atomic E-state index is -1.21. The van der Waals surface area contributed by atoms with Gasteiger partial charge in [-0.25, -0.2) is 28.8 Å². The average Bonchev–Trinajstić information content (AvgIpc) is 3.26. The SMILES string of the molecule is COCN1CC(OC(=O)COC(=O)CCC(CCC(=O)OCC(=O)OC2CN(COC)C(=O)N(COC)C2)C(=O)OCC(=O)OC2CN(COC)C(=O)N(COC)C2)CN(COC)C1=O. The number of hydrogen-bond acceptors (Lipinski definition) is 21. The molecule has 3 saturated heterocycles. The number of methoxy groups -OCH3 is 6. The fourth-order valence-corrected chi connectivity index (χ4v) is 6.82. The van der Waals surface area contributed by atoms with Crippen LogP contribution in [0.1, 0.15) is 25.7 Å². The van der Waals surface area contributed by atoms with Gasteiger partial charge < -0.3 is 56.8 Å². The van der Waals surface area contributed by atoms with Crippen LogP contribution in [0.3, 0.4) is 0 Å². The standard InChI is InChI=1S/C38H60N6O21/c1-54-20-39-11-27(12-40(21-55-2)36(39)51)63-32(47)17-60-30(45)9-7-26(35(50)62-19-34(49)65-29-15-43(24-58-5)38(53)44(16-29)25-59-6)8-10-31(46)61-18-33(48)64-28-13-41(22-56-3)37(52)42(14-28)23-57-4/h26-29H,7-25H2,1-6H3. The molecule has 0 saturated carbocycles. The maximum Gasteiger partial charge on any atom is 0.344 e. The first kappa shape index (κ1) is 53.7. The zero-order valence-corrected chi connectivity index (χ0v) is 37.5. The van der Waals surface area contributed by atoms with Gasteiger partial charge in [-0.1, -0.05) is 0 Å². The number of urea groups is 3. The molecule has 3 aliphatic rings. The number of nitrogens with zero attached hydrogens (tertiary/aromatic N) is 6. The molecular formula is C38H60N6O21. The van der Waals surface area contributed by atoms with Crippen LogP contribution in [-0.4, -0.2) is 244 Å². The summed E-state index contributed by atoms with van der Waals surface area (Å²) in [5.41, 5.74) is 0. The third-order valence-electron chi connectivity index (χ3n) is 9.53. The van der Waals surface area contributed by atoms with E-state index in [1.54, 1.807) is 0 Å². The van der Waals surface area contributed by atoms with Crippen LogP contribution >= 0.6 is 0 Å². The zero-order valence-electron chi connectivity index (χ0n) is 37.5. The molecule has 65 heavy (non-hydrogen) atoms. The monoisotopic (exact) mass is 936 g/mol. The molecule has 0 aliphatic carbocycles. The topological polar surface area (TPSA) is 284 Å². The maximum absolute atomic E-state index is 13.3. The second-order valence-electron chi connectivity index (χ2n) is 14.7. The number of ether oxygens (including phenoxy) is 12. The second-order valence-corrected chi connectivity index (χ2v) is 14.7. The average molecular weight is 937 g/mol. The summed E-state index contributed by atoms with van der Waals surface area (Å²) in [6.07, 6.45) is -3.91. The molecule has 0 bridgehead atoms. The number of carbonyl (C=O) groups is 9. The number of rotatable bonds is 28. The van der Waals surface area contributed by atoms with Crippen LogP contribution in [0.4, 0.5) is 14.4 Å². The quantitative estimate of drug-likeness (QED) is 0.0628. The molecule has 0 aromatic rings. The van der Waals surface area contributed by atoms with E-state index in [0.29, 0.717) is 0 Å². The minimum Gasteiger partial charge on any atom is -0.456 e. The van der Waals surface area contributed by atoms with Gasteiger partial charge in [0.2, 0.25) is 0 Å². The predicted molar refractivity (Wildman–Crippen MR) is 212 cm³/mol. The molecule has 0 radical (unpaired) electrons. The van der Waals surface area contributed by atoms with Crippen molar-refractivity contribution in [1.82, 2.24) is 29.4 Å². The largest absolute Gasteiger partial charge is 0.456 e. The molecule has 0 aromatic heterocycles. The van der Waals surface area contributed by atoms with Gasteiger partial charge in [0.1, 0.15) is 58.7 Å². The molecule has 0 atom stereocenters. The van der Waals surface area contributed by atoms with Crippen molar-refractivity contribution in [1.29, 1.82) is 0 Å². The van der Waals surface area contributed by atoms with Crippen LogP contribution in [0.2, 0.25) is 0 Å². The second kappa shape index (κ2) is 28.3. The molecule has 3 rings (SSSR count). The van der Waals surface area contributed by atoms with Crippen molar-refractivity contribution in [3.63, 3.8) is 0 Å². The van der Waals surface area contributed by atoms with E-state index >= 15 is 0 Å². The molecule has 0 spiro atoms. The van der Waals surface area contributed by atoms with E-state index in [2.05, 4.69) is 0 Å². The Hall–Kier alpha value is -5.61. The molecule has 0 aromatic carbocycles. The normalized spacial score (nSPS) is 16.6. The predicted octanol–water partition coefficient (Wildman–Crippen LogP) is -1.64. The van der Waals surface area contributed by atoms with Gasteiger partial charge in [0, 0.05) is 55.5 Å². The summed E-state index contributed by atoms with van der Waals surface area (Å²) in [4.78, 5) is 122. The van der Waals surface area contributed by atoms with Gasteiger partial charge in [0.15, 0.2) is 19.8 Å². The molecular weight excluding hydrogens is 876 g/mol. The highest BCUT2D eigenvalue weighted by molar-refractivity contribution is 5.81. The van der Waals surface area contributed by atoms with Crippen LogP contribution in [0.15, 0.2) is 0 Å².